The van der Waals surface area contributed by atoms with Crippen LogP contribution in [-0.4, -0.2) is 24.0 Å². The quantitative estimate of drug-likeness (QED) is 0.731. The maximum Gasteiger partial charge on any atom is 0.223 e. The van der Waals surface area contributed by atoms with Crippen LogP contribution >= 0.6 is 0 Å². The van der Waals surface area contributed by atoms with E-state index >= 15 is 0 Å². The van der Waals surface area contributed by atoms with Crippen LogP contribution in [0.1, 0.15) is 24.1 Å². The lowest BCUT2D eigenvalue weighted by atomic mass is 9.97. The van der Waals surface area contributed by atoms with Crippen LogP contribution in [0, 0.1) is 12.8 Å². The summed E-state index contributed by atoms with van der Waals surface area (Å²) in [6.07, 6.45) is 1.84. The van der Waals surface area contributed by atoms with Crippen molar-refractivity contribution in [1.82, 2.24) is 15.6 Å². The normalized spacial score (nSPS) is 16.5. The molecule has 0 bridgehead atoms. The number of nitrogens with zero attached hydrogens (tertiary/aromatic N) is 1. The molecule has 1 aliphatic rings. The molecule has 1 aromatic heterocycles. The Morgan fingerprint density at radius 1 is 1.50 bits per heavy atom. The van der Waals surface area contributed by atoms with Crippen LogP contribution in [0.15, 0.2) is 12.1 Å². The fourth-order valence-electron chi connectivity index (χ4n) is 2.21. The van der Waals surface area contributed by atoms with Crippen molar-refractivity contribution in [2.45, 2.75) is 26.3 Å². The van der Waals surface area contributed by atoms with Crippen LogP contribution in [0.3, 0.4) is 0 Å². The van der Waals surface area contributed by atoms with Crippen molar-refractivity contribution in [2.75, 3.05) is 18.8 Å². The Hall–Kier alpha value is -1.62. The van der Waals surface area contributed by atoms with Gasteiger partial charge in [0.1, 0.15) is 5.82 Å². The number of carbonyl (C=O) groups excluding carboxylic acids is 1. The molecule has 0 spiro atoms. The Labute approximate surface area is 107 Å². The summed E-state index contributed by atoms with van der Waals surface area (Å²) in [5.74, 6) is 0.807. The highest BCUT2D eigenvalue weighted by Gasteiger charge is 2.20. The number of aryl methyl sites for hydroxylation is 1. The third-order valence-electron chi connectivity index (χ3n) is 3.38. The number of nitrogens with one attached hydrogen (secondary N) is 2. The van der Waals surface area contributed by atoms with Crippen molar-refractivity contribution in [3.05, 3.63) is 23.4 Å². The number of hydrogen-bond donors (Lipinski definition) is 3. The van der Waals surface area contributed by atoms with Gasteiger partial charge in [-0.05, 0) is 44.5 Å². The van der Waals surface area contributed by atoms with Crippen molar-refractivity contribution in [2.24, 2.45) is 5.92 Å². The second-order valence-electron chi connectivity index (χ2n) is 4.72. The standard InChI is InChI=1S/C13H20N4O/c1-9-11(2-3-12(14)17-9)8-16-13(18)10-4-6-15-7-5-10/h2-3,10,15H,4-8H2,1H3,(H2,14,17)(H,16,18). The number of carbonyl (C=O) groups is 1. The third kappa shape index (κ3) is 3.20. The van der Waals surface area contributed by atoms with Crippen molar-refractivity contribution in [3.8, 4) is 0 Å². The number of amides is 1. The Morgan fingerprint density at radius 2 is 2.22 bits per heavy atom. The first-order valence-electron chi connectivity index (χ1n) is 6.37. The number of piperidine rings is 1. The van der Waals surface area contributed by atoms with Crippen LogP contribution in [0.5, 0.6) is 0 Å². The number of aromatic nitrogens is 1. The first-order chi connectivity index (χ1) is 8.66. The van der Waals surface area contributed by atoms with Gasteiger partial charge in [-0.15, -0.1) is 0 Å². The molecule has 5 nitrogen and oxygen atoms in total. The largest absolute Gasteiger partial charge is 0.384 e. The summed E-state index contributed by atoms with van der Waals surface area (Å²) in [6.45, 7) is 4.30. The molecule has 0 atom stereocenters. The number of pyridine rings is 1. The minimum Gasteiger partial charge on any atom is -0.384 e. The van der Waals surface area contributed by atoms with Gasteiger partial charge in [0, 0.05) is 18.2 Å². The average molecular weight is 248 g/mol. The van der Waals surface area contributed by atoms with E-state index in [1.54, 1.807) is 6.07 Å². The van der Waals surface area contributed by atoms with E-state index < -0.39 is 0 Å². The molecule has 5 heteroatoms. The molecule has 0 saturated carbocycles. The Bertz CT molecular complexity index is 427. The van der Waals surface area contributed by atoms with E-state index in [1.807, 2.05) is 13.0 Å². The van der Waals surface area contributed by atoms with E-state index in [0.717, 1.165) is 37.2 Å². The van der Waals surface area contributed by atoms with E-state index in [2.05, 4.69) is 15.6 Å². The van der Waals surface area contributed by atoms with Gasteiger partial charge in [0.15, 0.2) is 0 Å². The summed E-state index contributed by atoms with van der Waals surface area (Å²) in [5, 5.41) is 6.24. The monoisotopic (exact) mass is 248 g/mol. The molecule has 1 fully saturated rings. The van der Waals surface area contributed by atoms with Crippen molar-refractivity contribution in [1.29, 1.82) is 0 Å². The summed E-state index contributed by atoms with van der Waals surface area (Å²) in [4.78, 5) is 16.1. The number of nitrogen functional groups attached to an aromatic ring is 1. The highest BCUT2D eigenvalue weighted by Crippen LogP contribution is 2.12. The molecular weight excluding hydrogens is 228 g/mol. The second kappa shape index (κ2) is 5.82. The summed E-state index contributed by atoms with van der Waals surface area (Å²) >= 11 is 0. The topological polar surface area (TPSA) is 80.0 Å². The Kier molecular flexibility index (Phi) is 4.15. The molecule has 0 aromatic carbocycles. The lowest BCUT2D eigenvalue weighted by Crippen LogP contribution is -2.38. The van der Waals surface area contributed by atoms with Crippen LogP contribution in [0.2, 0.25) is 0 Å². The SMILES string of the molecule is Cc1nc(N)ccc1CNC(=O)C1CCNCC1. The summed E-state index contributed by atoms with van der Waals surface area (Å²) in [5.41, 5.74) is 7.49. The molecule has 0 aliphatic carbocycles. The van der Waals surface area contributed by atoms with Gasteiger partial charge in [0.05, 0.1) is 0 Å². The molecule has 0 unspecified atom stereocenters. The molecule has 2 heterocycles. The minimum atomic E-state index is 0.146. The van der Waals surface area contributed by atoms with Gasteiger partial charge in [-0.25, -0.2) is 4.98 Å². The molecule has 1 saturated heterocycles. The summed E-state index contributed by atoms with van der Waals surface area (Å²) in [7, 11) is 0. The summed E-state index contributed by atoms with van der Waals surface area (Å²) in [6, 6.07) is 3.68. The van der Waals surface area contributed by atoms with E-state index in [1.165, 1.54) is 0 Å². The number of anilines is 1. The minimum absolute atomic E-state index is 0.146. The van der Waals surface area contributed by atoms with Crippen molar-refractivity contribution >= 4 is 11.7 Å². The van der Waals surface area contributed by atoms with Gasteiger partial charge >= 0.3 is 0 Å². The molecule has 1 aromatic rings. The van der Waals surface area contributed by atoms with Crippen LogP contribution in [0.25, 0.3) is 0 Å². The van der Waals surface area contributed by atoms with E-state index in [9.17, 15) is 4.79 Å². The van der Waals surface area contributed by atoms with E-state index in [4.69, 9.17) is 5.73 Å². The van der Waals surface area contributed by atoms with E-state index in [-0.39, 0.29) is 11.8 Å². The van der Waals surface area contributed by atoms with Gasteiger partial charge in [-0.2, -0.15) is 0 Å². The fourth-order valence-corrected chi connectivity index (χ4v) is 2.21. The van der Waals surface area contributed by atoms with Gasteiger partial charge in [0.2, 0.25) is 5.91 Å². The van der Waals surface area contributed by atoms with Crippen molar-refractivity contribution in [3.63, 3.8) is 0 Å². The zero-order chi connectivity index (χ0) is 13.0. The Balaban J connectivity index is 1.88. The maximum atomic E-state index is 12.0. The second-order valence-corrected chi connectivity index (χ2v) is 4.72. The smallest absolute Gasteiger partial charge is 0.223 e. The van der Waals surface area contributed by atoms with Gasteiger partial charge < -0.3 is 16.4 Å². The molecule has 1 amide bonds. The number of nitrogens with two attached hydrogens (primary N) is 1. The fraction of sp³-hybridized carbons (Fsp3) is 0.538. The molecular formula is C13H20N4O. The number of hydrogen-bond acceptors (Lipinski definition) is 4. The Morgan fingerprint density at radius 3 is 2.89 bits per heavy atom. The highest BCUT2D eigenvalue weighted by molar-refractivity contribution is 5.78. The third-order valence-corrected chi connectivity index (χ3v) is 3.38. The predicted octanol–water partition coefficient (Wildman–Crippen LogP) is 0.588. The molecule has 1 aliphatic heterocycles. The van der Waals surface area contributed by atoms with Crippen LogP contribution < -0.4 is 16.4 Å². The molecule has 4 N–H and O–H groups in total. The molecule has 2 rings (SSSR count). The lowest BCUT2D eigenvalue weighted by molar-refractivity contribution is -0.125. The van der Waals surface area contributed by atoms with Crippen LogP contribution in [0.4, 0.5) is 5.82 Å². The lowest BCUT2D eigenvalue weighted by Gasteiger charge is -2.21. The first-order valence-corrected chi connectivity index (χ1v) is 6.37. The zero-order valence-electron chi connectivity index (χ0n) is 10.7. The van der Waals surface area contributed by atoms with E-state index in [0.29, 0.717) is 12.4 Å². The number of rotatable bonds is 3. The average Bonchev–Trinajstić information content (AvgIpc) is 2.38. The molecule has 0 radical (unpaired) electrons. The van der Waals surface area contributed by atoms with Crippen LogP contribution in [-0.2, 0) is 11.3 Å². The van der Waals surface area contributed by atoms with Gasteiger partial charge in [-0.1, -0.05) is 6.07 Å². The predicted molar refractivity (Wildman–Crippen MR) is 70.8 cm³/mol. The van der Waals surface area contributed by atoms with Gasteiger partial charge in [-0.3, -0.25) is 4.79 Å². The van der Waals surface area contributed by atoms with Gasteiger partial charge in [0.25, 0.3) is 0 Å². The summed E-state index contributed by atoms with van der Waals surface area (Å²) < 4.78 is 0. The zero-order valence-corrected chi connectivity index (χ0v) is 10.7. The maximum absolute atomic E-state index is 12.0. The molecule has 98 valence electrons. The highest BCUT2D eigenvalue weighted by atomic mass is 16.1. The van der Waals surface area contributed by atoms with Crippen molar-refractivity contribution < 1.29 is 4.79 Å². The first kappa shape index (κ1) is 12.8. The molecule has 18 heavy (non-hydrogen) atoms.